The van der Waals surface area contributed by atoms with E-state index in [1.54, 1.807) is 0 Å². The molecule has 1 fully saturated rings. The Balaban J connectivity index is 1.47. The third-order valence-electron chi connectivity index (χ3n) is 4.15. The van der Waals surface area contributed by atoms with Gasteiger partial charge < -0.3 is 9.88 Å². The molecule has 0 bridgehead atoms. The molecule has 0 amide bonds. The highest BCUT2D eigenvalue weighted by Gasteiger charge is 2.25. The number of imidazole rings is 1. The van der Waals surface area contributed by atoms with Gasteiger partial charge in [0.1, 0.15) is 0 Å². The fraction of sp³-hybridized carbons (Fsp3) is 0.600. The highest BCUT2D eigenvalue weighted by Crippen LogP contribution is 2.27. The second kappa shape index (κ2) is 6.70. The highest BCUT2D eigenvalue weighted by molar-refractivity contribution is 4.89. The molecule has 108 valence electrons. The molecule has 1 aliphatic rings. The molecule has 2 atom stereocenters. The predicted octanol–water partition coefficient (Wildman–Crippen LogP) is 2.24. The monoisotopic (exact) mass is 273 g/mol. The number of nitrogens with one attached hydrogen (secondary N) is 1. The molecule has 2 aromatic heterocycles. The van der Waals surface area contributed by atoms with Gasteiger partial charge in [-0.3, -0.25) is 4.68 Å². The van der Waals surface area contributed by atoms with Crippen molar-refractivity contribution in [1.82, 2.24) is 24.6 Å². The normalized spacial score (nSPS) is 23.0. The molecule has 3 rings (SSSR count). The molecule has 0 unspecified atom stereocenters. The largest absolute Gasteiger partial charge is 0.337 e. The van der Waals surface area contributed by atoms with Gasteiger partial charge in [-0.15, -0.1) is 0 Å². The Hall–Kier alpha value is -1.62. The summed E-state index contributed by atoms with van der Waals surface area (Å²) in [6.45, 7) is 2.09. The van der Waals surface area contributed by atoms with E-state index in [9.17, 15) is 0 Å². The summed E-state index contributed by atoms with van der Waals surface area (Å²) in [6.07, 6.45) is 16.0. The van der Waals surface area contributed by atoms with E-state index >= 15 is 0 Å². The summed E-state index contributed by atoms with van der Waals surface area (Å²) in [5.74, 6) is 0. The van der Waals surface area contributed by atoms with Crippen molar-refractivity contribution in [3.8, 4) is 0 Å². The van der Waals surface area contributed by atoms with Gasteiger partial charge >= 0.3 is 0 Å². The predicted molar refractivity (Wildman–Crippen MR) is 78.4 cm³/mol. The molecular formula is C15H23N5. The molecule has 0 saturated heterocycles. The number of aryl methyl sites for hydroxylation is 1. The van der Waals surface area contributed by atoms with Crippen LogP contribution in [0.15, 0.2) is 37.2 Å². The number of hydrogen-bond acceptors (Lipinski definition) is 3. The summed E-state index contributed by atoms with van der Waals surface area (Å²) < 4.78 is 4.26. The average Bonchev–Trinajstić information content (AvgIpc) is 3.17. The first-order chi connectivity index (χ1) is 9.93. The molecule has 1 N–H and O–H groups in total. The fourth-order valence-corrected chi connectivity index (χ4v) is 3.11. The van der Waals surface area contributed by atoms with Crippen LogP contribution in [0, 0.1) is 0 Å². The first-order valence-electron chi connectivity index (χ1n) is 7.62. The summed E-state index contributed by atoms with van der Waals surface area (Å²) in [4.78, 5) is 4.07. The zero-order valence-electron chi connectivity index (χ0n) is 11.9. The minimum Gasteiger partial charge on any atom is -0.337 e. The summed E-state index contributed by atoms with van der Waals surface area (Å²) in [5, 5.41) is 8.15. The Morgan fingerprint density at radius 3 is 2.90 bits per heavy atom. The zero-order valence-corrected chi connectivity index (χ0v) is 11.9. The summed E-state index contributed by atoms with van der Waals surface area (Å²) in [7, 11) is 0. The van der Waals surface area contributed by atoms with E-state index in [0.29, 0.717) is 12.1 Å². The van der Waals surface area contributed by atoms with E-state index in [0.717, 1.165) is 19.5 Å². The van der Waals surface area contributed by atoms with Gasteiger partial charge in [0, 0.05) is 37.4 Å². The summed E-state index contributed by atoms with van der Waals surface area (Å²) in [5.41, 5.74) is 0. The van der Waals surface area contributed by atoms with Crippen molar-refractivity contribution in [2.45, 2.75) is 50.7 Å². The third kappa shape index (κ3) is 3.28. The maximum Gasteiger partial charge on any atom is 0.0945 e. The summed E-state index contributed by atoms with van der Waals surface area (Å²) in [6, 6.07) is 3.10. The number of hydrogen-bond donors (Lipinski definition) is 1. The maximum atomic E-state index is 4.42. The van der Waals surface area contributed by atoms with Crippen LogP contribution in [0.4, 0.5) is 0 Å². The Morgan fingerprint density at radius 1 is 1.15 bits per heavy atom. The number of aromatic nitrogens is 4. The van der Waals surface area contributed by atoms with E-state index in [-0.39, 0.29) is 0 Å². The zero-order chi connectivity index (χ0) is 13.6. The quantitative estimate of drug-likeness (QED) is 0.821. The molecule has 1 saturated carbocycles. The van der Waals surface area contributed by atoms with Gasteiger partial charge in [0.15, 0.2) is 0 Å². The summed E-state index contributed by atoms with van der Waals surface area (Å²) >= 11 is 0. The lowest BCUT2D eigenvalue weighted by molar-refractivity contribution is 0.246. The van der Waals surface area contributed by atoms with Crippen molar-refractivity contribution in [1.29, 1.82) is 0 Å². The molecule has 5 nitrogen and oxygen atoms in total. The van der Waals surface area contributed by atoms with Crippen LogP contribution < -0.4 is 5.32 Å². The lowest BCUT2D eigenvalue weighted by Gasteiger charge is -2.32. The van der Waals surface area contributed by atoms with Crippen molar-refractivity contribution in [2.75, 3.05) is 6.54 Å². The van der Waals surface area contributed by atoms with E-state index < -0.39 is 0 Å². The van der Waals surface area contributed by atoms with Crippen molar-refractivity contribution in [3.05, 3.63) is 37.2 Å². The Labute approximate surface area is 120 Å². The molecule has 1 aliphatic carbocycles. The van der Waals surface area contributed by atoms with Crippen molar-refractivity contribution < 1.29 is 0 Å². The minimum absolute atomic E-state index is 0.520. The van der Waals surface area contributed by atoms with Gasteiger partial charge in [0.25, 0.3) is 0 Å². The lowest BCUT2D eigenvalue weighted by Crippen LogP contribution is -2.40. The van der Waals surface area contributed by atoms with Crippen LogP contribution >= 0.6 is 0 Å². The van der Waals surface area contributed by atoms with E-state index in [4.69, 9.17) is 0 Å². The van der Waals surface area contributed by atoms with Crippen molar-refractivity contribution in [2.24, 2.45) is 0 Å². The van der Waals surface area contributed by atoms with Crippen molar-refractivity contribution >= 4 is 0 Å². The van der Waals surface area contributed by atoms with Crippen LogP contribution in [0.25, 0.3) is 0 Å². The smallest absolute Gasteiger partial charge is 0.0945 e. The molecular weight excluding hydrogens is 250 g/mol. The first-order valence-corrected chi connectivity index (χ1v) is 7.62. The maximum absolute atomic E-state index is 4.42. The topological polar surface area (TPSA) is 47.7 Å². The molecule has 0 spiro atoms. The van der Waals surface area contributed by atoms with Gasteiger partial charge in [0.2, 0.25) is 0 Å². The second-order valence-electron chi connectivity index (χ2n) is 5.55. The first kappa shape index (κ1) is 13.4. The molecule has 2 aromatic rings. The van der Waals surface area contributed by atoms with Gasteiger partial charge in [-0.1, -0.05) is 12.8 Å². The SMILES string of the molecule is c1cnn([C@@H]2CCCC[C@@H]2NCCCn2ccnc2)c1. The van der Waals surface area contributed by atoms with E-state index in [2.05, 4.69) is 30.8 Å². The minimum atomic E-state index is 0.520. The highest BCUT2D eigenvalue weighted by atomic mass is 15.3. The molecule has 0 radical (unpaired) electrons. The van der Waals surface area contributed by atoms with Gasteiger partial charge in [-0.05, 0) is 31.9 Å². The number of rotatable bonds is 6. The van der Waals surface area contributed by atoms with E-state index in [1.165, 1.54) is 25.7 Å². The number of nitrogens with zero attached hydrogens (tertiary/aromatic N) is 4. The van der Waals surface area contributed by atoms with Crippen LogP contribution in [-0.2, 0) is 6.54 Å². The van der Waals surface area contributed by atoms with Crippen LogP contribution in [0.5, 0.6) is 0 Å². The Kier molecular flexibility index (Phi) is 4.48. The molecule has 2 heterocycles. The molecule has 5 heteroatoms. The Morgan fingerprint density at radius 2 is 2.10 bits per heavy atom. The molecule has 20 heavy (non-hydrogen) atoms. The van der Waals surface area contributed by atoms with Crippen LogP contribution in [0.1, 0.15) is 38.1 Å². The Bertz CT molecular complexity index is 476. The second-order valence-corrected chi connectivity index (χ2v) is 5.55. The third-order valence-corrected chi connectivity index (χ3v) is 4.15. The molecule has 0 aliphatic heterocycles. The van der Waals surface area contributed by atoms with E-state index in [1.807, 2.05) is 31.0 Å². The van der Waals surface area contributed by atoms with Gasteiger partial charge in [-0.2, -0.15) is 5.10 Å². The lowest BCUT2D eigenvalue weighted by atomic mass is 9.90. The van der Waals surface area contributed by atoms with Crippen LogP contribution in [0.3, 0.4) is 0 Å². The van der Waals surface area contributed by atoms with Crippen LogP contribution in [0.2, 0.25) is 0 Å². The average molecular weight is 273 g/mol. The van der Waals surface area contributed by atoms with Gasteiger partial charge in [-0.25, -0.2) is 4.98 Å². The van der Waals surface area contributed by atoms with Crippen molar-refractivity contribution in [3.63, 3.8) is 0 Å². The standard InChI is InChI=1S/C15H23N5/c1-2-6-15(20-11-4-8-18-20)14(5-1)17-7-3-10-19-12-9-16-13-19/h4,8-9,11-15,17H,1-3,5-7,10H2/t14-,15+/m0/s1. The van der Waals surface area contributed by atoms with Crippen LogP contribution in [-0.4, -0.2) is 31.9 Å². The van der Waals surface area contributed by atoms with Gasteiger partial charge in [0.05, 0.1) is 12.4 Å². The molecule has 0 aromatic carbocycles. The fourth-order valence-electron chi connectivity index (χ4n) is 3.11.